The van der Waals surface area contributed by atoms with Crippen molar-refractivity contribution in [1.29, 1.82) is 0 Å². The van der Waals surface area contributed by atoms with Gasteiger partial charge in [-0.05, 0) is 24.3 Å². The largest absolute Gasteiger partial charge is 0.489 e. The first kappa shape index (κ1) is 17.0. The Morgan fingerprint density at radius 1 is 1.12 bits per heavy atom. The normalized spacial score (nSPS) is 14.3. The average Bonchev–Trinajstić information content (AvgIpc) is 2.67. The smallest absolute Gasteiger partial charge is 0.317 e. The summed E-state index contributed by atoms with van der Waals surface area (Å²) in [5.74, 6) is 0.723. The van der Waals surface area contributed by atoms with Crippen LogP contribution in [0.15, 0.2) is 48.7 Å². The Kier molecular flexibility index (Phi) is 5.66. The molecule has 1 N–H and O–H groups in total. The Morgan fingerprint density at radius 2 is 1.88 bits per heavy atom. The number of carbonyl (C=O) groups is 1. The zero-order chi connectivity index (χ0) is 17.5. The second-order valence-corrected chi connectivity index (χ2v) is 5.67. The maximum Gasteiger partial charge on any atom is 0.317 e. The standard InChI is InChI=1S/C18H21FN4O2/c19-15-5-1-2-6-16(15)25-14-9-21-18(24)23-12-10-22(11-13-23)17-7-3-4-8-20-17/h1-8H,9-14H2,(H,21,24). The lowest BCUT2D eigenvalue weighted by Gasteiger charge is -2.35. The summed E-state index contributed by atoms with van der Waals surface area (Å²) in [4.78, 5) is 20.4. The molecule has 7 heteroatoms. The first-order valence-corrected chi connectivity index (χ1v) is 8.30. The van der Waals surface area contributed by atoms with Crippen molar-refractivity contribution in [3.05, 3.63) is 54.5 Å². The molecule has 0 atom stereocenters. The van der Waals surface area contributed by atoms with Crippen LogP contribution < -0.4 is 15.0 Å². The van der Waals surface area contributed by atoms with E-state index in [0.717, 1.165) is 18.9 Å². The van der Waals surface area contributed by atoms with Gasteiger partial charge in [-0.3, -0.25) is 0 Å². The van der Waals surface area contributed by atoms with Crippen molar-refractivity contribution in [2.75, 3.05) is 44.2 Å². The summed E-state index contributed by atoms with van der Waals surface area (Å²) in [6.07, 6.45) is 1.77. The molecule has 1 aliphatic rings. The van der Waals surface area contributed by atoms with Crippen LogP contribution in [-0.2, 0) is 0 Å². The number of para-hydroxylation sites is 1. The van der Waals surface area contributed by atoms with Crippen LogP contribution in [0.25, 0.3) is 0 Å². The van der Waals surface area contributed by atoms with E-state index in [-0.39, 0.29) is 18.4 Å². The van der Waals surface area contributed by atoms with E-state index in [4.69, 9.17) is 4.74 Å². The zero-order valence-electron chi connectivity index (χ0n) is 13.9. The topological polar surface area (TPSA) is 57.7 Å². The van der Waals surface area contributed by atoms with E-state index in [0.29, 0.717) is 19.6 Å². The number of amides is 2. The predicted molar refractivity (Wildman–Crippen MR) is 93.3 cm³/mol. The molecule has 2 amide bonds. The molecule has 0 bridgehead atoms. The maximum atomic E-state index is 13.4. The number of rotatable bonds is 5. The second-order valence-electron chi connectivity index (χ2n) is 5.67. The Labute approximate surface area is 146 Å². The summed E-state index contributed by atoms with van der Waals surface area (Å²) in [5, 5.41) is 2.80. The van der Waals surface area contributed by atoms with Crippen molar-refractivity contribution in [3.8, 4) is 5.75 Å². The molecular weight excluding hydrogens is 323 g/mol. The van der Waals surface area contributed by atoms with Gasteiger partial charge in [-0.2, -0.15) is 0 Å². The number of nitrogens with one attached hydrogen (secondary N) is 1. The van der Waals surface area contributed by atoms with E-state index in [1.807, 2.05) is 18.2 Å². The number of anilines is 1. The van der Waals surface area contributed by atoms with E-state index in [9.17, 15) is 9.18 Å². The average molecular weight is 344 g/mol. The lowest BCUT2D eigenvalue weighted by Crippen LogP contribution is -2.52. The molecule has 1 aromatic carbocycles. The van der Waals surface area contributed by atoms with Crippen LogP contribution in [0.2, 0.25) is 0 Å². The lowest BCUT2D eigenvalue weighted by molar-refractivity contribution is 0.191. The number of urea groups is 1. The molecule has 3 rings (SSSR count). The van der Waals surface area contributed by atoms with Crippen LogP contribution in [0.4, 0.5) is 15.0 Å². The van der Waals surface area contributed by atoms with Crippen molar-refractivity contribution in [1.82, 2.24) is 15.2 Å². The summed E-state index contributed by atoms with van der Waals surface area (Å²) in [5.41, 5.74) is 0. The third kappa shape index (κ3) is 4.59. The van der Waals surface area contributed by atoms with Gasteiger partial charge in [0.2, 0.25) is 0 Å². The number of carbonyl (C=O) groups excluding carboxylic acids is 1. The van der Waals surface area contributed by atoms with E-state index >= 15 is 0 Å². The highest BCUT2D eigenvalue weighted by atomic mass is 19.1. The number of ether oxygens (including phenoxy) is 1. The van der Waals surface area contributed by atoms with Gasteiger partial charge in [0.25, 0.3) is 0 Å². The molecule has 0 unspecified atom stereocenters. The lowest BCUT2D eigenvalue weighted by atomic mass is 10.3. The minimum atomic E-state index is -0.403. The highest BCUT2D eigenvalue weighted by Crippen LogP contribution is 2.15. The van der Waals surface area contributed by atoms with Crippen molar-refractivity contribution < 1.29 is 13.9 Å². The molecule has 0 aliphatic carbocycles. The highest BCUT2D eigenvalue weighted by Gasteiger charge is 2.21. The number of hydrogen-bond donors (Lipinski definition) is 1. The van der Waals surface area contributed by atoms with E-state index < -0.39 is 5.82 Å². The fourth-order valence-corrected chi connectivity index (χ4v) is 2.67. The van der Waals surface area contributed by atoms with Crippen LogP contribution >= 0.6 is 0 Å². The number of aromatic nitrogens is 1. The van der Waals surface area contributed by atoms with Gasteiger partial charge in [0, 0.05) is 32.4 Å². The molecule has 25 heavy (non-hydrogen) atoms. The van der Waals surface area contributed by atoms with Gasteiger partial charge >= 0.3 is 6.03 Å². The molecule has 1 aliphatic heterocycles. The first-order chi connectivity index (χ1) is 12.2. The molecule has 0 radical (unpaired) electrons. The molecule has 0 saturated carbocycles. The van der Waals surface area contributed by atoms with Gasteiger partial charge in [0.15, 0.2) is 11.6 Å². The van der Waals surface area contributed by atoms with Crippen molar-refractivity contribution in [3.63, 3.8) is 0 Å². The third-order valence-corrected chi connectivity index (χ3v) is 4.01. The second kappa shape index (κ2) is 8.32. The summed E-state index contributed by atoms with van der Waals surface area (Å²) in [7, 11) is 0. The highest BCUT2D eigenvalue weighted by molar-refractivity contribution is 5.74. The van der Waals surface area contributed by atoms with Crippen LogP contribution in [0, 0.1) is 5.82 Å². The summed E-state index contributed by atoms with van der Waals surface area (Å²) >= 11 is 0. The number of benzene rings is 1. The zero-order valence-corrected chi connectivity index (χ0v) is 13.9. The van der Waals surface area contributed by atoms with Gasteiger partial charge in [-0.25, -0.2) is 14.2 Å². The van der Waals surface area contributed by atoms with Gasteiger partial charge in [0.1, 0.15) is 12.4 Å². The number of nitrogens with zero attached hydrogens (tertiary/aromatic N) is 3. The minimum Gasteiger partial charge on any atom is -0.489 e. The number of hydrogen-bond acceptors (Lipinski definition) is 4. The summed E-state index contributed by atoms with van der Waals surface area (Å²) in [6.45, 7) is 3.31. The number of halogens is 1. The van der Waals surface area contributed by atoms with Gasteiger partial charge in [-0.1, -0.05) is 18.2 Å². The van der Waals surface area contributed by atoms with Crippen LogP contribution in [0.1, 0.15) is 0 Å². The monoisotopic (exact) mass is 344 g/mol. The van der Waals surface area contributed by atoms with Crippen molar-refractivity contribution in [2.45, 2.75) is 0 Å². The Balaban J connectivity index is 1.37. The van der Waals surface area contributed by atoms with Gasteiger partial charge in [0.05, 0.1) is 6.54 Å². The molecule has 6 nitrogen and oxygen atoms in total. The number of pyridine rings is 1. The van der Waals surface area contributed by atoms with Crippen LogP contribution in [-0.4, -0.2) is 55.2 Å². The summed E-state index contributed by atoms with van der Waals surface area (Å²) < 4.78 is 18.7. The minimum absolute atomic E-state index is 0.127. The van der Waals surface area contributed by atoms with Gasteiger partial charge in [-0.15, -0.1) is 0 Å². The molecule has 2 heterocycles. The molecule has 1 fully saturated rings. The third-order valence-electron chi connectivity index (χ3n) is 4.01. The fraction of sp³-hybridized carbons (Fsp3) is 0.333. The van der Waals surface area contributed by atoms with Crippen molar-refractivity contribution >= 4 is 11.8 Å². The van der Waals surface area contributed by atoms with Crippen LogP contribution in [0.3, 0.4) is 0 Å². The molecule has 0 spiro atoms. The molecular formula is C18H21FN4O2. The first-order valence-electron chi connectivity index (χ1n) is 8.30. The van der Waals surface area contributed by atoms with E-state index in [1.165, 1.54) is 6.07 Å². The molecule has 132 valence electrons. The maximum absolute atomic E-state index is 13.4. The van der Waals surface area contributed by atoms with Crippen LogP contribution in [0.5, 0.6) is 5.75 Å². The Morgan fingerprint density at radius 3 is 2.60 bits per heavy atom. The van der Waals surface area contributed by atoms with E-state index in [1.54, 1.807) is 29.3 Å². The molecule has 1 aromatic heterocycles. The summed E-state index contributed by atoms with van der Waals surface area (Å²) in [6, 6.07) is 11.9. The Bertz CT molecular complexity index is 690. The molecule has 2 aromatic rings. The van der Waals surface area contributed by atoms with Crippen molar-refractivity contribution in [2.24, 2.45) is 0 Å². The van der Waals surface area contributed by atoms with Gasteiger partial charge < -0.3 is 19.9 Å². The Hall–Kier alpha value is -2.83. The predicted octanol–water partition coefficient (Wildman–Crippen LogP) is 2.13. The van der Waals surface area contributed by atoms with E-state index in [2.05, 4.69) is 15.2 Å². The quantitative estimate of drug-likeness (QED) is 0.845. The number of piperazine rings is 1. The SMILES string of the molecule is O=C(NCCOc1ccccc1F)N1CCN(c2ccccn2)CC1. The fourth-order valence-electron chi connectivity index (χ4n) is 2.67. The molecule has 1 saturated heterocycles.